The lowest BCUT2D eigenvalue weighted by atomic mass is 10.1. The van der Waals surface area contributed by atoms with Crippen LogP contribution in [0.4, 0.5) is 26.3 Å². The van der Waals surface area contributed by atoms with Crippen molar-refractivity contribution < 1.29 is 35.9 Å². The number of morpholine rings is 1. The van der Waals surface area contributed by atoms with E-state index in [-0.39, 0.29) is 13.2 Å². The number of nitrogens with one attached hydrogen (secondary N) is 2. The fourth-order valence-corrected chi connectivity index (χ4v) is 1.55. The molecule has 1 atom stereocenters. The van der Waals surface area contributed by atoms with Crippen molar-refractivity contribution in [3.63, 3.8) is 0 Å². The first-order chi connectivity index (χ1) is 8.62. The van der Waals surface area contributed by atoms with Gasteiger partial charge in [-0.25, -0.2) is 0 Å². The van der Waals surface area contributed by atoms with E-state index in [1.807, 2.05) is 0 Å². The largest absolute Gasteiger partial charge is 0.409 e. The van der Waals surface area contributed by atoms with Gasteiger partial charge in [0, 0.05) is 19.6 Å². The number of hydrogen-bond acceptors (Lipinski definition) is 3. The number of carbonyl (C=O) groups excluding carboxylic acids is 1. The fraction of sp³-hybridized carbons (Fsp3) is 0.889. The Bertz CT molecular complexity index is 297. The molecule has 112 valence electrons. The van der Waals surface area contributed by atoms with Crippen LogP contribution in [0.3, 0.4) is 0 Å². The summed E-state index contributed by atoms with van der Waals surface area (Å²) in [7, 11) is 0. The summed E-state index contributed by atoms with van der Waals surface area (Å²) in [6, 6.07) is 0. The van der Waals surface area contributed by atoms with Crippen molar-refractivity contribution in [3.8, 4) is 0 Å². The third-order valence-electron chi connectivity index (χ3n) is 2.43. The molecule has 0 aromatic rings. The van der Waals surface area contributed by atoms with E-state index in [9.17, 15) is 31.1 Å². The van der Waals surface area contributed by atoms with E-state index in [0.29, 0.717) is 6.54 Å². The predicted molar refractivity (Wildman–Crippen MR) is 51.2 cm³/mol. The zero-order valence-corrected chi connectivity index (χ0v) is 9.57. The van der Waals surface area contributed by atoms with E-state index >= 15 is 0 Å². The number of hydrogen-bond donors (Lipinski definition) is 2. The highest BCUT2D eigenvalue weighted by atomic mass is 19.4. The minimum Gasteiger partial charge on any atom is -0.374 e. The molecule has 0 radical (unpaired) electrons. The van der Waals surface area contributed by atoms with Gasteiger partial charge in [0.05, 0.1) is 12.7 Å². The molecule has 1 fully saturated rings. The molecule has 4 nitrogen and oxygen atoms in total. The molecule has 1 aliphatic heterocycles. The maximum absolute atomic E-state index is 12.2. The quantitative estimate of drug-likeness (QED) is 0.758. The summed E-state index contributed by atoms with van der Waals surface area (Å²) in [5.41, 5.74) is 0. The first-order valence-electron chi connectivity index (χ1n) is 5.36. The maximum atomic E-state index is 12.2. The first kappa shape index (κ1) is 16.0. The van der Waals surface area contributed by atoms with E-state index in [4.69, 9.17) is 4.74 Å². The molecular weight excluding hydrogens is 282 g/mol. The van der Waals surface area contributed by atoms with E-state index in [1.165, 1.54) is 0 Å². The van der Waals surface area contributed by atoms with Gasteiger partial charge in [0.2, 0.25) is 11.8 Å². The molecular formula is C9H12F6N2O2. The first-order valence-corrected chi connectivity index (χ1v) is 5.36. The summed E-state index contributed by atoms with van der Waals surface area (Å²) in [6.07, 6.45) is -12.0. The Morgan fingerprint density at radius 2 is 1.84 bits per heavy atom. The Balaban J connectivity index is 2.57. The number of rotatable bonds is 3. The smallest absolute Gasteiger partial charge is 0.374 e. The third-order valence-corrected chi connectivity index (χ3v) is 2.43. The van der Waals surface area contributed by atoms with Crippen LogP contribution in [0, 0.1) is 5.92 Å². The highest BCUT2D eigenvalue weighted by molar-refractivity contribution is 5.80. The van der Waals surface area contributed by atoms with Crippen molar-refractivity contribution in [1.29, 1.82) is 0 Å². The molecule has 0 aromatic carbocycles. The molecule has 1 heterocycles. The number of amides is 1. The van der Waals surface area contributed by atoms with Crippen LogP contribution >= 0.6 is 0 Å². The van der Waals surface area contributed by atoms with Crippen molar-refractivity contribution in [1.82, 2.24) is 10.6 Å². The lowest BCUT2D eigenvalue weighted by Crippen LogP contribution is -2.51. The molecule has 0 aromatic heterocycles. The van der Waals surface area contributed by atoms with Gasteiger partial charge in [0.15, 0.2) is 0 Å². The fourth-order valence-electron chi connectivity index (χ4n) is 1.55. The minimum absolute atomic E-state index is 0.253. The molecule has 19 heavy (non-hydrogen) atoms. The van der Waals surface area contributed by atoms with Gasteiger partial charge < -0.3 is 15.4 Å². The van der Waals surface area contributed by atoms with Crippen LogP contribution in [0.1, 0.15) is 0 Å². The lowest BCUT2D eigenvalue weighted by Gasteiger charge is -2.26. The zero-order valence-electron chi connectivity index (χ0n) is 9.57. The number of ether oxygens (including phenoxy) is 1. The van der Waals surface area contributed by atoms with Gasteiger partial charge in [-0.3, -0.25) is 4.79 Å². The Hall–Kier alpha value is -1.03. The molecule has 0 saturated carbocycles. The zero-order chi connectivity index (χ0) is 14.7. The average molecular weight is 294 g/mol. The van der Waals surface area contributed by atoms with Crippen LogP contribution in [0.25, 0.3) is 0 Å². The highest BCUT2D eigenvalue weighted by Crippen LogP contribution is 2.39. The van der Waals surface area contributed by atoms with Crippen LogP contribution in [0.15, 0.2) is 0 Å². The second kappa shape index (κ2) is 5.95. The summed E-state index contributed by atoms with van der Waals surface area (Å²) < 4.78 is 78.3. The average Bonchev–Trinajstić information content (AvgIpc) is 2.24. The molecule has 10 heteroatoms. The van der Waals surface area contributed by atoms with Crippen LogP contribution in [0.2, 0.25) is 0 Å². The number of alkyl halides is 6. The Labute approximate surface area is 104 Å². The standard InChI is InChI=1S/C9H12F6N2O2/c10-8(11,12)6(9(13,14)15)7(18)17-4-5-3-16-1-2-19-5/h5-6,16H,1-4H2,(H,17,18). The molecule has 1 aliphatic rings. The van der Waals surface area contributed by atoms with E-state index in [0.717, 1.165) is 0 Å². The molecule has 0 bridgehead atoms. The van der Waals surface area contributed by atoms with Gasteiger partial charge in [0.1, 0.15) is 0 Å². The van der Waals surface area contributed by atoms with Crippen LogP contribution in [0.5, 0.6) is 0 Å². The summed E-state index contributed by atoms with van der Waals surface area (Å²) in [6.45, 7) is 0.665. The molecule has 1 unspecified atom stereocenters. The summed E-state index contributed by atoms with van der Waals surface area (Å²) in [4.78, 5) is 11.1. The number of halogens is 6. The summed E-state index contributed by atoms with van der Waals surface area (Å²) in [5, 5.41) is 4.45. The van der Waals surface area contributed by atoms with Crippen LogP contribution in [-0.2, 0) is 9.53 Å². The number of carbonyl (C=O) groups is 1. The van der Waals surface area contributed by atoms with Crippen LogP contribution < -0.4 is 10.6 Å². The van der Waals surface area contributed by atoms with Crippen LogP contribution in [-0.4, -0.2) is 50.6 Å². The Kier molecular flexibility index (Phi) is 5.02. The van der Waals surface area contributed by atoms with Crippen molar-refractivity contribution >= 4 is 5.91 Å². The molecule has 1 amide bonds. The van der Waals surface area contributed by atoms with Crippen molar-refractivity contribution in [2.24, 2.45) is 5.92 Å². The molecule has 1 saturated heterocycles. The lowest BCUT2D eigenvalue weighted by molar-refractivity contribution is -0.274. The molecule has 0 aliphatic carbocycles. The Morgan fingerprint density at radius 3 is 2.26 bits per heavy atom. The monoisotopic (exact) mass is 294 g/mol. The SMILES string of the molecule is O=C(NCC1CNCCO1)C(C(F)(F)F)C(F)(F)F. The van der Waals surface area contributed by atoms with Gasteiger partial charge in [-0.05, 0) is 0 Å². The second-order valence-electron chi connectivity index (χ2n) is 3.96. The predicted octanol–water partition coefficient (Wildman–Crippen LogP) is 0.832. The van der Waals surface area contributed by atoms with Gasteiger partial charge >= 0.3 is 12.4 Å². The Morgan fingerprint density at radius 1 is 1.26 bits per heavy atom. The van der Waals surface area contributed by atoms with Gasteiger partial charge in [-0.1, -0.05) is 0 Å². The summed E-state index contributed by atoms with van der Waals surface area (Å²) >= 11 is 0. The molecule has 1 rings (SSSR count). The third kappa shape index (κ3) is 4.86. The topological polar surface area (TPSA) is 50.4 Å². The van der Waals surface area contributed by atoms with Gasteiger partial charge in [0.25, 0.3) is 0 Å². The molecule has 2 N–H and O–H groups in total. The van der Waals surface area contributed by atoms with Crippen molar-refractivity contribution in [3.05, 3.63) is 0 Å². The highest BCUT2D eigenvalue weighted by Gasteiger charge is 2.61. The van der Waals surface area contributed by atoms with Gasteiger partial charge in [-0.2, -0.15) is 26.3 Å². The molecule has 0 spiro atoms. The van der Waals surface area contributed by atoms with Crippen molar-refractivity contribution in [2.75, 3.05) is 26.2 Å². The van der Waals surface area contributed by atoms with E-state index in [2.05, 4.69) is 5.32 Å². The van der Waals surface area contributed by atoms with E-state index in [1.54, 1.807) is 5.32 Å². The van der Waals surface area contributed by atoms with Gasteiger partial charge in [-0.15, -0.1) is 0 Å². The minimum atomic E-state index is -5.67. The maximum Gasteiger partial charge on any atom is 0.409 e. The summed E-state index contributed by atoms with van der Waals surface area (Å²) in [5.74, 6) is -6.13. The van der Waals surface area contributed by atoms with Crippen molar-refractivity contribution in [2.45, 2.75) is 18.5 Å². The second-order valence-corrected chi connectivity index (χ2v) is 3.96. The normalized spacial score (nSPS) is 21.5. The van der Waals surface area contributed by atoms with E-state index < -0.39 is 36.8 Å².